The summed E-state index contributed by atoms with van der Waals surface area (Å²) in [5.74, 6) is 0.0681. The highest BCUT2D eigenvalue weighted by Crippen LogP contribution is 2.41. The smallest absolute Gasteiger partial charge is 0.256 e. The van der Waals surface area contributed by atoms with E-state index < -0.39 is 0 Å². The fourth-order valence-electron chi connectivity index (χ4n) is 5.66. The molecule has 1 aromatic heterocycles. The van der Waals surface area contributed by atoms with Gasteiger partial charge < -0.3 is 20.5 Å². The molecule has 3 aromatic rings. The third kappa shape index (κ3) is 5.09. The number of nitrogens with one attached hydrogen (secondary N) is 3. The van der Waals surface area contributed by atoms with Crippen molar-refractivity contribution in [1.82, 2.24) is 15.2 Å². The van der Waals surface area contributed by atoms with Crippen molar-refractivity contribution in [2.24, 2.45) is 0 Å². The van der Waals surface area contributed by atoms with E-state index in [1.807, 2.05) is 60.4 Å². The van der Waals surface area contributed by atoms with E-state index in [4.69, 9.17) is 11.6 Å². The second kappa shape index (κ2) is 10.2. The van der Waals surface area contributed by atoms with Gasteiger partial charge in [0.05, 0.1) is 5.57 Å². The van der Waals surface area contributed by atoms with Crippen molar-refractivity contribution in [3.8, 4) is 11.1 Å². The molecule has 1 fully saturated rings. The molecule has 7 heteroatoms. The summed E-state index contributed by atoms with van der Waals surface area (Å²) in [5.41, 5.74) is 8.43. The molecule has 0 aliphatic carbocycles. The molecule has 3 N–H and O–H groups in total. The number of H-pyrrole nitrogens is 1. The number of anilines is 1. The Labute approximate surface area is 223 Å². The van der Waals surface area contributed by atoms with Gasteiger partial charge in [-0.2, -0.15) is 0 Å². The van der Waals surface area contributed by atoms with Gasteiger partial charge in [-0.25, -0.2) is 0 Å². The zero-order valence-corrected chi connectivity index (χ0v) is 22.5. The summed E-state index contributed by atoms with van der Waals surface area (Å²) in [4.78, 5) is 31.5. The first kappa shape index (κ1) is 25.3. The summed E-state index contributed by atoms with van der Waals surface area (Å²) < 4.78 is 0. The molecule has 2 amide bonds. The molecule has 2 aromatic carbocycles. The lowest BCUT2D eigenvalue weighted by atomic mass is 9.94. The molecule has 3 heterocycles. The first-order valence-electron chi connectivity index (χ1n) is 12.9. The van der Waals surface area contributed by atoms with Crippen LogP contribution in [0.4, 0.5) is 5.69 Å². The lowest BCUT2D eigenvalue weighted by Gasteiger charge is -2.36. The third-order valence-electron chi connectivity index (χ3n) is 7.40. The number of carbonyl (C=O) groups is 2. The summed E-state index contributed by atoms with van der Waals surface area (Å²) in [6.45, 7) is 9.82. The third-order valence-corrected chi connectivity index (χ3v) is 7.65. The van der Waals surface area contributed by atoms with Gasteiger partial charge in [0.1, 0.15) is 0 Å². The van der Waals surface area contributed by atoms with Crippen LogP contribution in [-0.2, 0) is 16.0 Å². The molecule has 2 atom stereocenters. The van der Waals surface area contributed by atoms with Crippen molar-refractivity contribution in [3.63, 3.8) is 0 Å². The minimum Gasteiger partial charge on any atom is -0.359 e. The average molecular weight is 517 g/mol. The lowest BCUT2D eigenvalue weighted by molar-refractivity contribution is -0.132. The van der Waals surface area contributed by atoms with E-state index in [0.29, 0.717) is 35.5 Å². The fourth-order valence-corrected chi connectivity index (χ4v) is 5.78. The fraction of sp³-hybridized carbons (Fsp3) is 0.333. The number of nitrogens with zero attached hydrogens (tertiary/aromatic N) is 1. The van der Waals surface area contributed by atoms with Crippen molar-refractivity contribution in [2.75, 3.05) is 18.4 Å². The predicted octanol–water partition coefficient (Wildman–Crippen LogP) is 5.59. The van der Waals surface area contributed by atoms with E-state index in [0.717, 1.165) is 58.0 Å². The maximum absolute atomic E-state index is 13.0. The number of carbonyl (C=O) groups excluding carboxylic acids is 2. The normalized spacial score (nSPS) is 20.3. The standard InChI is InChI=1S/C30H33ClN4O2/c1-17-15-35(16-18(2)32-17)28(36)13-12-23-19(3)27(33-20(23)4)14-25-29-24(21-8-10-22(31)11-9-21)6-5-7-26(29)34-30(25)37/h5-11,14,17-18,32-33H,12-13,15-16H2,1-4H3,(H,34,37)/t17-,18-/m1/s1. The molecule has 37 heavy (non-hydrogen) atoms. The minimum atomic E-state index is -0.123. The van der Waals surface area contributed by atoms with Gasteiger partial charge in [-0.3, -0.25) is 9.59 Å². The van der Waals surface area contributed by atoms with Gasteiger partial charge in [0.15, 0.2) is 0 Å². The average Bonchev–Trinajstić information content (AvgIpc) is 3.32. The molecule has 1 saturated heterocycles. The van der Waals surface area contributed by atoms with Crippen LogP contribution in [0.5, 0.6) is 0 Å². The number of aromatic amines is 1. The Hall–Kier alpha value is -3.35. The lowest BCUT2D eigenvalue weighted by Crippen LogP contribution is -2.55. The van der Waals surface area contributed by atoms with Crippen molar-refractivity contribution < 1.29 is 9.59 Å². The van der Waals surface area contributed by atoms with Crippen LogP contribution in [0, 0.1) is 13.8 Å². The highest BCUT2D eigenvalue weighted by atomic mass is 35.5. The molecule has 0 bridgehead atoms. The molecule has 2 aliphatic heterocycles. The Balaban J connectivity index is 1.42. The minimum absolute atomic E-state index is 0.123. The van der Waals surface area contributed by atoms with Crippen molar-refractivity contribution in [1.29, 1.82) is 0 Å². The van der Waals surface area contributed by atoms with E-state index in [2.05, 4.69) is 36.4 Å². The molecule has 2 aliphatic rings. The molecule has 0 saturated carbocycles. The number of amides is 2. The predicted molar refractivity (Wildman–Crippen MR) is 151 cm³/mol. The zero-order chi connectivity index (χ0) is 26.3. The van der Waals surface area contributed by atoms with Gasteiger partial charge >= 0.3 is 0 Å². The van der Waals surface area contributed by atoms with Crippen molar-refractivity contribution in [3.05, 3.63) is 75.6 Å². The second-order valence-electron chi connectivity index (χ2n) is 10.3. The van der Waals surface area contributed by atoms with Crippen LogP contribution >= 0.6 is 11.6 Å². The zero-order valence-electron chi connectivity index (χ0n) is 21.7. The Bertz CT molecular complexity index is 1380. The maximum atomic E-state index is 13.0. The van der Waals surface area contributed by atoms with E-state index in [9.17, 15) is 9.59 Å². The number of aryl methyl sites for hydroxylation is 1. The molecule has 6 nitrogen and oxygen atoms in total. The molecule has 0 unspecified atom stereocenters. The highest BCUT2D eigenvalue weighted by molar-refractivity contribution is 6.36. The van der Waals surface area contributed by atoms with E-state index >= 15 is 0 Å². The maximum Gasteiger partial charge on any atom is 0.256 e. The summed E-state index contributed by atoms with van der Waals surface area (Å²) >= 11 is 6.10. The molecule has 0 radical (unpaired) electrons. The Kier molecular flexibility index (Phi) is 6.97. The summed E-state index contributed by atoms with van der Waals surface area (Å²) in [6.07, 6.45) is 3.08. The van der Waals surface area contributed by atoms with Gasteiger partial charge in [0.2, 0.25) is 5.91 Å². The molecule has 5 rings (SSSR count). The van der Waals surface area contributed by atoms with Gasteiger partial charge in [-0.15, -0.1) is 0 Å². The largest absolute Gasteiger partial charge is 0.359 e. The summed E-state index contributed by atoms with van der Waals surface area (Å²) in [5, 5.41) is 7.16. The van der Waals surface area contributed by atoms with Crippen LogP contribution in [0.25, 0.3) is 22.8 Å². The number of piperazine rings is 1. The van der Waals surface area contributed by atoms with Gasteiger partial charge in [-0.1, -0.05) is 35.9 Å². The number of hydrogen-bond acceptors (Lipinski definition) is 3. The number of aromatic nitrogens is 1. The van der Waals surface area contributed by atoms with E-state index in [1.54, 1.807) is 0 Å². The summed E-state index contributed by atoms with van der Waals surface area (Å²) in [6, 6.07) is 14.2. The van der Waals surface area contributed by atoms with Gasteiger partial charge in [-0.05, 0) is 80.6 Å². The summed E-state index contributed by atoms with van der Waals surface area (Å²) in [7, 11) is 0. The molecular weight excluding hydrogens is 484 g/mol. The quantitative estimate of drug-likeness (QED) is 0.387. The van der Waals surface area contributed by atoms with Crippen LogP contribution in [0.3, 0.4) is 0 Å². The monoisotopic (exact) mass is 516 g/mol. The van der Waals surface area contributed by atoms with Gasteiger partial charge in [0, 0.05) is 59.3 Å². The van der Waals surface area contributed by atoms with Crippen molar-refractivity contribution >= 4 is 40.8 Å². The number of hydrogen-bond donors (Lipinski definition) is 3. The number of halogens is 1. The van der Waals surface area contributed by atoms with E-state index in [-0.39, 0.29) is 11.8 Å². The van der Waals surface area contributed by atoms with Crippen LogP contribution in [0.1, 0.15) is 48.3 Å². The first-order chi connectivity index (χ1) is 17.7. The number of benzene rings is 2. The van der Waals surface area contributed by atoms with Gasteiger partial charge in [0.25, 0.3) is 5.91 Å². The Morgan fingerprint density at radius 1 is 1.08 bits per heavy atom. The van der Waals surface area contributed by atoms with Crippen molar-refractivity contribution in [2.45, 2.75) is 52.6 Å². The highest BCUT2D eigenvalue weighted by Gasteiger charge is 2.28. The topological polar surface area (TPSA) is 77.2 Å². The van der Waals surface area contributed by atoms with Crippen LogP contribution in [-0.4, -0.2) is 46.9 Å². The first-order valence-corrected chi connectivity index (χ1v) is 13.2. The second-order valence-corrected chi connectivity index (χ2v) is 10.7. The Morgan fingerprint density at radius 2 is 1.78 bits per heavy atom. The number of fused-ring (bicyclic) bond motifs is 1. The van der Waals surface area contributed by atoms with E-state index in [1.165, 1.54) is 0 Å². The molecule has 192 valence electrons. The van der Waals surface area contributed by atoms with Crippen LogP contribution in [0.2, 0.25) is 5.02 Å². The number of rotatable bonds is 5. The molecule has 0 spiro atoms. The molecular formula is C30H33ClN4O2. The SMILES string of the molecule is Cc1[nH]c(C=C2C(=O)Nc3cccc(-c4ccc(Cl)cc4)c32)c(C)c1CCC(=O)N1C[C@@H](C)N[C@H](C)C1. The van der Waals surface area contributed by atoms with Crippen LogP contribution < -0.4 is 10.6 Å². The van der Waals surface area contributed by atoms with Crippen LogP contribution in [0.15, 0.2) is 42.5 Å². The Morgan fingerprint density at radius 3 is 2.49 bits per heavy atom.